The Balaban J connectivity index is 1.25. The molecule has 1 spiro atoms. The molecule has 6 rings (SSSR count). The summed E-state index contributed by atoms with van der Waals surface area (Å²) in [6.45, 7) is 5.54. The lowest BCUT2D eigenvalue weighted by atomic mass is 9.73. The van der Waals surface area contributed by atoms with Crippen molar-refractivity contribution in [1.82, 2.24) is 20.2 Å². The lowest BCUT2D eigenvalue weighted by molar-refractivity contribution is 0.187. The molecular weight excluding hydrogens is 431 g/mol. The SMILES string of the molecule is C=C(c1ccccc1)c1n[nH]c2nc(N3CCC4(CC3)Cc3ccc(F)cc3[C@H]4N)[nH]c(=O)c12. The molecule has 34 heavy (non-hydrogen) atoms. The number of nitrogens with one attached hydrogen (secondary N) is 2. The molecule has 2 aromatic heterocycles. The van der Waals surface area contributed by atoms with Crippen LogP contribution in [-0.4, -0.2) is 33.3 Å². The van der Waals surface area contributed by atoms with E-state index in [1.807, 2.05) is 36.4 Å². The highest BCUT2D eigenvalue weighted by Gasteiger charge is 2.46. The minimum atomic E-state index is -0.249. The molecule has 1 fully saturated rings. The first-order valence-corrected chi connectivity index (χ1v) is 11.5. The number of piperidine rings is 1. The predicted octanol–water partition coefficient (Wildman–Crippen LogP) is 3.69. The number of anilines is 1. The molecule has 3 heterocycles. The normalized spacial score (nSPS) is 19.0. The smallest absolute Gasteiger partial charge is 0.264 e. The summed E-state index contributed by atoms with van der Waals surface area (Å²) in [5.74, 6) is 0.274. The van der Waals surface area contributed by atoms with Crippen molar-refractivity contribution in [2.24, 2.45) is 11.1 Å². The van der Waals surface area contributed by atoms with Gasteiger partial charge in [-0.25, -0.2) is 4.39 Å². The molecular formula is C26H25FN6O. The first kappa shape index (κ1) is 20.8. The number of halogens is 1. The van der Waals surface area contributed by atoms with Crippen molar-refractivity contribution in [2.75, 3.05) is 18.0 Å². The summed E-state index contributed by atoms with van der Waals surface area (Å²) < 4.78 is 13.8. The van der Waals surface area contributed by atoms with E-state index < -0.39 is 0 Å². The van der Waals surface area contributed by atoms with Gasteiger partial charge in [0.1, 0.15) is 16.9 Å². The van der Waals surface area contributed by atoms with Crippen LogP contribution in [0.1, 0.15) is 41.3 Å². The van der Waals surface area contributed by atoms with Crippen LogP contribution >= 0.6 is 0 Å². The molecule has 1 saturated heterocycles. The van der Waals surface area contributed by atoms with Gasteiger partial charge in [0.2, 0.25) is 5.95 Å². The highest BCUT2D eigenvalue weighted by Crippen LogP contribution is 2.51. The van der Waals surface area contributed by atoms with Gasteiger partial charge in [0.15, 0.2) is 5.65 Å². The molecule has 172 valence electrons. The van der Waals surface area contributed by atoms with Crippen LogP contribution in [0.15, 0.2) is 59.9 Å². The second kappa shape index (κ2) is 7.63. The second-order valence-electron chi connectivity index (χ2n) is 9.38. The van der Waals surface area contributed by atoms with Gasteiger partial charge in [-0.15, -0.1) is 0 Å². The number of rotatable bonds is 3. The molecule has 0 amide bonds. The van der Waals surface area contributed by atoms with Crippen LogP contribution in [0, 0.1) is 11.2 Å². The molecule has 0 radical (unpaired) electrons. The first-order valence-electron chi connectivity index (χ1n) is 11.5. The summed E-state index contributed by atoms with van der Waals surface area (Å²) in [7, 11) is 0. The lowest BCUT2D eigenvalue weighted by Gasteiger charge is -2.42. The third-order valence-electron chi connectivity index (χ3n) is 7.53. The molecule has 7 nitrogen and oxygen atoms in total. The summed E-state index contributed by atoms with van der Waals surface area (Å²) in [5, 5.41) is 7.66. The van der Waals surface area contributed by atoms with E-state index in [1.54, 1.807) is 6.07 Å². The molecule has 1 aliphatic heterocycles. The molecule has 0 saturated carbocycles. The maximum Gasteiger partial charge on any atom is 0.264 e. The van der Waals surface area contributed by atoms with Gasteiger partial charge in [-0.1, -0.05) is 43.0 Å². The summed E-state index contributed by atoms with van der Waals surface area (Å²) in [5.41, 5.74) is 10.8. The maximum absolute atomic E-state index is 13.8. The number of fused-ring (bicyclic) bond motifs is 2. The molecule has 1 atom stereocenters. The van der Waals surface area contributed by atoms with Gasteiger partial charge in [-0.2, -0.15) is 10.1 Å². The Labute approximate surface area is 195 Å². The molecule has 4 N–H and O–H groups in total. The Morgan fingerprint density at radius 2 is 1.94 bits per heavy atom. The molecule has 0 bridgehead atoms. The third-order valence-corrected chi connectivity index (χ3v) is 7.53. The topological polar surface area (TPSA) is 104 Å². The van der Waals surface area contributed by atoms with E-state index in [4.69, 9.17) is 5.73 Å². The minimum Gasteiger partial charge on any atom is -0.342 e. The number of nitrogens with zero attached hydrogens (tertiary/aromatic N) is 3. The minimum absolute atomic E-state index is 0.0917. The number of aromatic nitrogens is 4. The average molecular weight is 457 g/mol. The van der Waals surface area contributed by atoms with E-state index in [0.29, 0.717) is 41.3 Å². The van der Waals surface area contributed by atoms with Gasteiger partial charge < -0.3 is 10.6 Å². The standard InChI is InChI=1S/C26H25FN6O/c1-15(16-5-3-2-4-6-16)21-20-23(32-31-21)29-25(30-24(20)34)33-11-9-26(10-12-33)14-17-7-8-18(27)13-19(17)22(26)28/h2-8,13,22H,1,9-12,14,28H2,(H2,29,30,31,32,34)/t22-/m1/s1. The van der Waals surface area contributed by atoms with Crippen LogP contribution in [0.3, 0.4) is 0 Å². The number of aromatic amines is 2. The molecule has 4 aromatic rings. The zero-order valence-electron chi connectivity index (χ0n) is 18.6. The van der Waals surface area contributed by atoms with Gasteiger partial charge in [0, 0.05) is 24.7 Å². The second-order valence-corrected chi connectivity index (χ2v) is 9.38. The highest BCUT2D eigenvalue weighted by molar-refractivity contribution is 5.92. The molecule has 1 aliphatic carbocycles. The fraction of sp³-hybridized carbons (Fsp3) is 0.269. The van der Waals surface area contributed by atoms with E-state index in [0.717, 1.165) is 36.0 Å². The number of H-pyrrole nitrogens is 2. The summed E-state index contributed by atoms with van der Waals surface area (Å²) in [4.78, 5) is 22.8. The zero-order chi connectivity index (χ0) is 23.4. The number of hydrogen-bond donors (Lipinski definition) is 3. The summed E-state index contributed by atoms with van der Waals surface area (Å²) in [6.07, 6.45) is 2.53. The Morgan fingerprint density at radius 3 is 2.71 bits per heavy atom. The average Bonchev–Trinajstić information content (AvgIpc) is 3.40. The quantitative estimate of drug-likeness (QED) is 0.436. The zero-order valence-corrected chi connectivity index (χ0v) is 18.6. The van der Waals surface area contributed by atoms with Crippen molar-refractivity contribution in [3.05, 3.63) is 93.7 Å². The van der Waals surface area contributed by atoms with Crippen molar-refractivity contribution in [3.8, 4) is 0 Å². The third kappa shape index (κ3) is 3.17. The predicted molar refractivity (Wildman–Crippen MR) is 130 cm³/mol. The van der Waals surface area contributed by atoms with Gasteiger partial charge in [0.05, 0.1) is 0 Å². The van der Waals surface area contributed by atoms with Crippen LogP contribution in [0.25, 0.3) is 16.6 Å². The molecule has 2 aliphatic rings. The summed E-state index contributed by atoms with van der Waals surface area (Å²) >= 11 is 0. The lowest BCUT2D eigenvalue weighted by Crippen LogP contribution is -2.45. The van der Waals surface area contributed by atoms with Crippen molar-refractivity contribution < 1.29 is 4.39 Å². The summed E-state index contributed by atoms with van der Waals surface area (Å²) in [6, 6.07) is 14.4. The Hall–Kier alpha value is -3.78. The Kier molecular flexibility index (Phi) is 4.67. The van der Waals surface area contributed by atoms with Crippen LogP contribution in [0.2, 0.25) is 0 Å². The van der Waals surface area contributed by atoms with Gasteiger partial charge in [0.25, 0.3) is 5.56 Å². The van der Waals surface area contributed by atoms with Crippen molar-refractivity contribution in [2.45, 2.75) is 25.3 Å². The van der Waals surface area contributed by atoms with Crippen LogP contribution in [0.4, 0.5) is 10.3 Å². The van der Waals surface area contributed by atoms with E-state index in [2.05, 4.69) is 31.6 Å². The van der Waals surface area contributed by atoms with Crippen molar-refractivity contribution in [3.63, 3.8) is 0 Å². The Morgan fingerprint density at radius 1 is 1.18 bits per heavy atom. The van der Waals surface area contributed by atoms with Gasteiger partial charge in [-0.05, 0) is 53.5 Å². The van der Waals surface area contributed by atoms with Crippen molar-refractivity contribution in [1.29, 1.82) is 0 Å². The van der Waals surface area contributed by atoms with E-state index in [-0.39, 0.29) is 22.8 Å². The largest absolute Gasteiger partial charge is 0.342 e. The molecule has 8 heteroatoms. The van der Waals surface area contributed by atoms with Gasteiger partial charge in [-0.3, -0.25) is 14.9 Å². The fourth-order valence-corrected chi connectivity index (χ4v) is 5.56. The van der Waals surface area contributed by atoms with Crippen LogP contribution in [-0.2, 0) is 6.42 Å². The molecule has 2 aromatic carbocycles. The fourth-order valence-electron chi connectivity index (χ4n) is 5.56. The number of benzene rings is 2. The first-order chi connectivity index (χ1) is 16.4. The molecule has 0 unspecified atom stereocenters. The number of hydrogen-bond acceptors (Lipinski definition) is 5. The van der Waals surface area contributed by atoms with E-state index in [9.17, 15) is 9.18 Å². The van der Waals surface area contributed by atoms with Gasteiger partial charge >= 0.3 is 0 Å². The maximum atomic E-state index is 13.8. The van der Waals surface area contributed by atoms with Crippen molar-refractivity contribution >= 4 is 22.6 Å². The van der Waals surface area contributed by atoms with E-state index in [1.165, 1.54) is 6.07 Å². The van der Waals surface area contributed by atoms with E-state index >= 15 is 0 Å². The number of nitrogens with two attached hydrogens (primary N) is 1. The van der Waals surface area contributed by atoms with Crippen LogP contribution in [0.5, 0.6) is 0 Å². The van der Waals surface area contributed by atoms with Crippen LogP contribution < -0.4 is 16.2 Å². The Bertz CT molecular complexity index is 1470. The monoisotopic (exact) mass is 456 g/mol. The highest BCUT2D eigenvalue weighted by atomic mass is 19.1.